The van der Waals surface area contributed by atoms with Crippen LogP contribution in [0.3, 0.4) is 0 Å². The molecule has 3 rings (SSSR count). The molecule has 1 heterocycles. The lowest BCUT2D eigenvalue weighted by atomic mass is 10.1. The number of carbonyl (C=O) groups excluding carboxylic acids is 1. The summed E-state index contributed by atoms with van der Waals surface area (Å²) in [6.45, 7) is 0.302. The Morgan fingerprint density at radius 2 is 2.21 bits per heavy atom. The highest BCUT2D eigenvalue weighted by Crippen LogP contribution is 2.34. The van der Waals surface area contributed by atoms with Crippen molar-refractivity contribution in [2.45, 2.75) is 47.4 Å². The fourth-order valence-electron chi connectivity index (χ4n) is 2.94. The van der Waals surface area contributed by atoms with Crippen molar-refractivity contribution in [3.8, 4) is 6.07 Å². The van der Waals surface area contributed by atoms with E-state index in [1.165, 1.54) is 12.1 Å². The number of nitrogens with zero attached hydrogens (tertiary/aromatic N) is 1. The summed E-state index contributed by atoms with van der Waals surface area (Å²) in [4.78, 5) is 12.2. The average Bonchev–Trinajstić information content (AvgIpc) is 3.14. The zero-order valence-electron chi connectivity index (χ0n) is 13.0. The summed E-state index contributed by atoms with van der Waals surface area (Å²) >= 11 is 5.88. The first-order valence-corrected chi connectivity index (χ1v) is 9.72. The number of nitrogens with one attached hydrogen (secondary N) is 2. The highest BCUT2D eigenvalue weighted by molar-refractivity contribution is 7.92. The average molecular weight is 368 g/mol. The van der Waals surface area contributed by atoms with E-state index in [2.05, 4.69) is 16.7 Å². The predicted molar refractivity (Wildman–Crippen MR) is 89.2 cm³/mol. The molecule has 0 bridgehead atoms. The molecule has 0 unspecified atom stereocenters. The molecule has 1 aromatic carbocycles. The minimum absolute atomic E-state index is 0.172. The molecule has 24 heavy (non-hydrogen) atoms. The molecular weight excluding hydrogens is 350 g/mol. The van der Waals surface area contributed by atoms with Gasteiger partial charge < -0.3 is 10.6 Å². The summed E-state index contributed by atoms with van der Waals surface area (Å²) in [5.41, 5.74) is -0.693. The highest BCUT2D eigenvalue weighted by Gasteiger charge is 2.45. The van der Waals surface area contributed by atoms with E-state index in [1.807, 2.05) is 0 Å². The Balaban J connectivity index is 1.61. The Morgan fingerprint density at radius 1 is 1.46 bits per heavy atom. The van der Waals surface area contributed by atoms with E-state index in [0.717, 1.165) is 0 Å². The Kier molecular flexibility index (Phi) is 4.56. The van der Waals surface area contributed by atoms with Gasteiger partial charge in [-0.3, -0.25) is 4.79 Å². The summed E-state index contributed by atoms with van der Waals surface area (Å²) in [7, 11) is -3.49. The second-order valence-corrected chi connectivity index (χ2v) is 9.08. The summed E-state index contributed by atoms with van der Waals surface area (Å²) in [5.74, 6) is -0.215. The van der Waals surface area contributed by atoms with Gasteiger partial charge in [-0.1, -0.05) is 17.7 Å². The first-order valence-electron chi connectivity index (χ1n) is 7.80. The van der Waals surface area contributed by atoms with Crippen molar-refractivity contribution in [3.05, 3.63) is 29.3 Å². The first-order chi connectivity index (χ1) is 11.3. The SMILES string of the molecule is N#CC1(NC(=O)C[C@H]2C[C@@H](S(=O)(=O)c3cccc(Cl)c3)CN2)CC1. The number of amides is 1. The molecule has 1 aromatic rings. The smallest absolute Gasteiger partial charge is 0.222 e. The number of benzene rings is 1. The number of hydrogen-bond donors (Lipinski definition) is 2. The second kappa shape index (κ2) is 6.36. The van der Waals surface area contributed by atoms with Crippen molar-refractivity contribution in [1.29, 1.82) is 5.26 Å². The molecule has 0 aromatic heterocycles. The maximum atomic E-state index is 12.7. The van der Waals surface area contributed by atoms with Crippen molar-refractivity contribution in [2.24, 2.45) is 0 Å². The van der Waals surface area contributed by atoms with Crippen molar-refractivity contribution < 1.29 is 13.2 Å². The molecule has 2 N–H and O–H groups in total. The van der Waals surface area contributed by atoms with Gasteiger partial charge in [0.25, 0.3) is 0 Å². The van der Waals surface area contributed by atoms with Gasteiger partial charge in [-0.15, -0.1) is 0 Å². The van der Waals surface area contributed by atoms with Crippen molar-refractivity contribution in [1.82, 2.24) is 10.6 Å². The van der Waals surface area contributed by atoms with E-state index >= 15 is 0 Å². The Labute approximate surface area is 146 Å². The fraction of sp³-hybridized carbons (Fsp3) is 0.500. The molecule has 0 radical (unpaired) electrons. The molecule has 0 spiro atoms. The number of rotatable bonds is 5. The van der Waals surface area contributed by atoms with Gasteiger partial charge in [-0.2, -0.15) is 5.26 Å². The van der Waals surface area contributed by atoms with Gasteiger partial charge in [-0.25, -0.2) is 8.42 Å². The van der Waals surface area contributed by atoms with Crippen LogP contribution in [0.2, 0.25) is 5.02 Å². The predicted octanol–water partition coefficient (Wildman–Crippen LogP) is 1.41. The molecule has 128 valence electrons. The topological polar surface area (TPSA) is 99.1 Å². The summed E-state index contributed by atoms with van der Waals surface area (Å²) in [6.07, 6.45) is 1.89. The minimum Gasteiger partial charge on any atom is -0.338 e. The molecule has 1 aliphatic carbocycles. The summed E-state index contributed by atoms with van der Waals surface area (Å²) in [6, 6.07) is 8.11. The Morgan fingerprint density at radius 3 is 2.83 bits per heavy atom. The van der Waals surface area contributed by atoms with E-state index in [0.29, 0.717) is 30.8 Å². The fourth-order valence-corrected chi connectivity index (χ4v) is 4.94. The zero-order chi connectivity index (χ0) is 17.4. The van der Waals surface area contributed by atoms with E-state index in [1.54, 1.807) is 12.1 Å². The molecule has 1 saturated heterocycles. The van der Waals surface area contributed by atoms with E-state index < -0.39 is 20.6 Å². The Bertz CT molecular complexity index is 799. The normalized spacial score (nSPS) is 25.0. The van der Waals surface area contributed by atoms with Crippen molar-refractivity contribution in [3.63, 3.8) is 0 Å². The van der Waals surface area contributed by atoms with E-state index in [4.69, 9.17) is 16.9 Å². The van der Waals surface area contributed by atoms with Gasteiger partial charge in [0.15, 0.2) is 9.84 Å². The zero-order valence-corrected chi connectivity index (χ0v) is 14.5. The third-order valence-electron chi connectivity index (χ3n) is 4.52. The lowest BCUT2D eigenvalue weighted by Crippen LogP contribution is -2.39. The molecule has 2 fully saturated rings. The molecule has 1 aliphatic heterocycles. The van der Waals surface area contributed by atoms with Crippen LogP contribution in [0, 0.1) is 11.3 Å². The maximum absolute atomic E-state index is 12.7. The monoisotopic (exact) mass is 367 g/mol. The van der Waals surface area contributed by atoms with Crippen LogP contribution in [0.25, 0.3) is 0 Å². The van der Waals surface area contributed by atoms with Crippen LogP contribution in [0.5, 0.6) is 0 Å². The largest absolute Gasteiger partial charge is 0.338 e. The van der Waals surface area contributed by atoms with Crippen LogP contribution in [0.4, 0.5) is 0 Å². The van der Waals surface area contributed by atoms with Gasteiger partial charge >= 0.3 is 0 Å². The lowest BCUT2D eigenvalue weighted by Gasteiger charge is -2.14. The van der Waals surface area contributed by atoms with Gasteiger partial charge in [0, 0.05) is 24.0 Å². The lowest BCUT2D eigenvalue weighted by molar-refractivity contribution is -0.122. The molecule has 2 atom stereocenters. The number of sulfone groups is 1. The number of nitriles is 1. The molecular formula is C16H18ClN3O3S. The molecule has 2 aliphatic rings. The number of halogens is 1. The number of hydrogen-bond acceptors (Lipinski definition) is 5. The molecule has 6 nitrogen and oxygen atoms in total. The molecule has 1 amide bonds. The van der Waals surface area contributed by atoms with Crippen LogP contribution in [0.15, 0.2) is 29.2 Å². The second-order valence-electron chi connectivity index (χ2n) is 6.41. The third-order valence-corrected chi connectivity index (χ3v) is 6.90. The van der Waals surface area contributed by atoms with Crippen LogP contribution in [0.1, 0.15) is 25.7 Å². The van der Waals surface area contributed by atoms with Crippen molar-refractivity contribution >= 4 is 27.3 Å². The van der Waals surface area contributed by atoms with Crippen LogP contribution in [-0.4, -0.2) is 37.7 Å². The first kappa shape index (κ1) is 17.2. The maximum Gasteiger partial charge on any atom is 0.222 e. The van der Waals surface area contributed by atoms with Gasteiger partial charge in [-0.05, 0) is 37.5 Å². The van der Waals surface area contributed by atoms with E-state index in [9.17, 15) is 13.2 Å². The number of carbonyl (C=O) groups is 1. The molecule has 1 saturated carbocycles. The van der Waals surface area contributed by atoms with Crippen LogP contribution < -0.4 is 10.6 Å². The molecule has 8 heteroatoms. The van der Waals surface area contributed by atoms with Crippen LogP contribution >= 0.6 is 11.6 Å². The standard InChI is InChI=1S/C16H18ClN3O3S/c17-11-2-1-3-13(6-11)24(22,23)14-7-12(19-9-14)8-15(21)20-16(10-18)4-5-16/h1-3,6,12,14,19H,4-5,7-9H2,(H,20,21)/t12-,14-/m1/s1. The van der Waals surface area contributed by atoms with Gasteiger partial charge in [0.2, 0.25) is 5.91 Å². The summed E-state index contributed by atoms with van der Waals surface area (Å²) < 4.78 is 25.3. The minimum atomic E-state index is -3.49. The van der Waals surface area contributed by atoms with E-state index in [-0.39, 0.29) is 23.3 Å². The summed E-state index contributed by atoms with van der Waals surface area (Å²) in [5, 5.41) is 14.6. The highest BCUT2D eigenvalue weighted by atomic mass is 35.5. The van der Waals surface area contributed by atoms with Gasteiger partial charge in [0.1, 0.15) is 5.54 Å². The third kappa shape index (κ3) is 3.56. The van der Waals surface area contributed by atoms with Crippen molar-refractivity contribution in [2.75, 3.05) is 6.54 Å². The Hall–Kier alpha value is -1.62. The quantitative estimate of drug-likeness (QED) is 0.819. The van der Waals surface area contributed by atoms with Crippen LogP contribution in [-0.2, 0) is 14.6 Å². The van der Waals surface area contributed by atoms with Gasteiger partial charge in [0.05, 0.1) is 16.2 Å².